The van der Waals surface area contributed by atoms with E-state index in [9.17, 15) is 12.6 Å². The zero-order chi connectivity index (χ0) is 12.1. The van der Waals surface area contributed by atoms with Gasteiger partial charge < -0.3 is 0 Å². The molecule has 0 aliphatic rings. The van der Waals surface area contributed by atoms with Crippen molar-refractivity contribution in [2.75, 3.05) is 12.8 Å². The van der Waals surface area contributed by atoms with Gasteiger partial charge in [0.1, 0.15) is 0 Å². The van der Waals surface area contributed by atoms with E-state index in [4.69, 9.17) is 5.26 Å². The molecule has 0 radical (unpaired) electrons. The van der Waals surface area contributed by atoms with Crippen LogP contribution in [0, 0.1) is 11.3 Å². The van der Waals surface area contributed by atoms with Crippen LogP contribution in [0.3, 0.4) is 0 Å². The first-order chi connectivity index (χ1) is 6.81. The molecule has 0 aromatic heterocycles. The second kappa shape index (κ2) is 6.20. The molecule has 0 heterocycles. The second-order valence-electron chi connectivity index (χ2n) is 3.31. The van der Waals surface area contributed by atoms with Crippen molar-refractivity contribution in [3.8, 4) is 6.07 Å². The Bertz CT molecular complexity index is 359. The molecule has 1 N–H and O–H groups in total. The van der Waals surface area contributed by atoms with Gasteiger partial charge in [0, 0.05) is 28.9 Å². The summed E-state index contributed by atoms with van der Waals surface area (Å²) in [7, 11) is -4.49. The number of nitrogens with zero attached hydrogens (tertiary/aromatic N) is 1. The Morgan fingerprint density at radius 3 is 2.40 bits per heavy atom. The lowest BCUT2D eigenvalue weighted by Crippen LogP contribution is -2.33. The molecule has 0 fully saturated rings. The van der Waals surface area contributed by atoms with Crippen LogP contribution >= 0.6 is 0 Å². The number of hydrogen-bond acceptors (Lipinski definition) is 4. The number of hydrogen-bond donors (Lipinski definition) is 1. The maximum absolute atomic E-state index is 11.3. The van der Waals surface area contributed by atoms with E-state index >= 15 is 0 Å². The Balaban J connectivity index is 4.09. The Kier molecular flexibility index (Phi) is 6.02. The van der Waals surface area contributed by atoms with Gasteiger partial charge in [0.2, 0.25) is 10.0 Å². The molecular formula is C8H16N2O3S2. The molecule has 3 atom stereocenters. The van der Waals surface area contributed by atoms with E-state index in [1.807, 2.05) is 0 Å². The van der Waals surface area contributed by atoms with Gasteiger partial charge in [0.05, 0.1) is 6.07 Å². The molecule has 5 nitrogen and oxygen atoms in total. The standard InChI is InChI=1S/C8H16N2O3S2/c1-7(14(3)11)4-5-10-15(12,13)8(2)6-9/h7-8,10H,4-5H2,1-3H3. The summed E-state index contributed by atoms with van der Waals surface area (Å²) in [4.78, 5) is 0. The summed E-state index contributed by atoms with van der Waals surface area (Å²) in [5.41, 5.74) is 0. The van der Waals surface area contributed by atoms with Gasteiger partial charge in [-0.2, -0.15) is 5.26 Å². The Labute approximate surface area is 93.4 Å². The SMILES string of the molecule is CC(CCNS(=O)(=O)C(C)C#N)S(C)=O. The van der Waals surface area contributed by atoms with Crippen LogP contribution in [0.25, 0.3) is 0 Å². The Hall–Kier alpha value is -0.450. The largest absolute Gasteiger partial charge is 0.260 e. The van der Waals surface area contributed by atoms with Crippen molar-refractivity contribution >= 4 is 20.8 Å². The summed E-state index contributed by atoms with van der Waals surface area (Å²) in [5.74, 6) is 0. The smallest absolute Gasteiger partial charge is 0.227 e. The third-order valence-corrected chi connectivity index (χ3v) is 5.08. The molecule has 0 bridgehead atoms. The lowest BCUT2D eigenvalue weighted by atomic mass is 10.3. The molecule has 0 rings (SSSR count). The van der Waals surface area contributed by atoms with Gasteiger partial charge in [-0.15, -0.1) is 0 Å². The van der Waals surface area contributed by atoms with Crippen LogP contribution in [-0.2, 0) is 20.8 Å². The number of sulfonamides is 1. The molecule has 3 unspecified atom stereocenters. The number of rotatable bonds is 6. The topological polar surface area (TPSA) is 87.0 Å². The fraction of sp³-hybridized carbons (Fsp3) is 0.875. The van der Waals surface area contributed by atoms with E-state index in [2.05, 4.69) is 4.72 Å². The third kappa shape index (κ3) is 5.25. The molecule has 0 amide bonds. The molecule has 0 aromatic carbocycles. The minimum atomic E-state index is -3.54. The molecule has 15 heavy (non-hydrogen) atoms. The zero-order valence-corrected chi connectivity index (χ0v) is 10.7. The first-order valence-corrected chi connectivity index (χ1v) is 7.68. The van der Waals surface area contributed by atoms with Gasteiger partial charge in [0.25, 0.3) is 0 Å². The van der Waals surface area contributed by atoms with Crippen molar-refractivity contribution in [1.82, 2.24) is 4.72 Å². The molecule has 0 saturated carbocycles. The van der Waals surface area contributed by atoms with E-state index in [1.165, 1.54) is 6.92 Å². The van der Waals surface area contributed by atoms with Crippen LogP contribution in [0.1, 0.15) is 20.3 Å². The summed E-state index contributed by atoms with van der Waals surface area (Å²) >= 11 is 0. The maximum atomic E-state index is 11.3. The first kappa shape index (κ1) is 14.6. The van der Waals surface area contributed by atoms with Crippen LogP contribution in [0.15, 0.2) is 0 Å². The number of nitriles is 1. The summed E-state index contributed by atoms with van der Waals surface area (Å²) in [6, 6.07) is 1.66. The van der Waals surface area contributed by atoms with Crippen molar-refractivity contribution < 1.29 is 12.6 Å². The van der Waals surface area contributed by atoms with E-state index in [1.54, 1.807) is 19.2 Å². The number of nitrogens with one attached hydrogen (secondary N) is 1. The van der Waals surface area contributed by atoms with E-state index in [0.29, 0.717) is 6.42 Å². The first-order valence-electron chi connectivity index (χ1n) is 4.51. The quantitative estimate of drug-likeness (QED) is 0.719. The maximum Gasteiger partial charge on any atom is 0.227 e. The van der Waals surface area contributed by atoms with E-state index in [-0.39, 0.29) is 11.8 Å². The fourth-order valence-electron chi connectivity index (χ4n) is 0.765. The molecule has 88 valence electrons. The monoisotopic (exact) mass is 252 g/mol. The van der Waals surface area contributed by atoms with Gasteiger partial charge in [-0.05, 0) is 13.3 Å². The van der Waals surface area contributed by atoms with Crippen LogP contribution in [0.4, 0.5) is 0 Å². The average molecular weight is 252 g/mol. The van der Waals surface area contributed by atoms with Crippen molar-refractivity contribution in [3.05, 3.63) is 0 Å². The predicted molar refractivity (Wildman–Crippen MR) is 60.1 cm³/mol. The molecule has 7 heteroatoms. The minimum Gasteiger partial charge on any atom is -0.260 e. The summed E-state index contributed by atoms with van der Waals surface area (Å²) < 4.78 is 35.9. The van der Waals surface area contributed by atoms with Gasteiger partial charge in [-0.25, -0.2) is 13.1 Å². The molecule has 0 spiro atoms. The highest BCUT2D eigenvalue weighted by Crippen LogP contribution is 2.00. The molecular weight excluding hydrogens is 236 g/mol. The highest BCUT2D eigenvalue weighted by Gasteiger charge is 2.19. The van der Waals surface area contributed by atoms with Crippen molar-refractivity contribution in [2.45, 2.75) is 30.8 Å². The lowest BCUT2D eigenvalue weighted by molar-refractivity contribution is 0.573. The average Bonchev–Trinajstić information content (AvgIpc) is 2.15. The summed E-state index contributed by atoms with van der Waals surface area (Å²) in [5, 5.41) is 7.34. The van der Waals surface area contributed by atoms with Gasteiger partial charge in [-0.1, -0.05) is 6.92 Å². The molecule has 0 aromatic rings. The third-order valence-electron chi connectivity index (χ3n) is 2.07. The molecule has 0 aliphatic carbocycles. The van der Waals surface area contributed by atoms with Crippen molar-refractivity contribution in [1.29, 1.82) is 5.26 Å². The highest BCUT2D eigenvalue weighted by atomic mass is 32.2. The Morgan fingerprint density at radius 1 is 1.47 bits per heavy atom. The van der Waals surface area contributed by atoms with Crippen LogP contribution in [-0.4, -0.2) is 35.9 Å². The van der Waals surface area contributed by atoms with Crippen molar-refractivity contribution in [2.24, 2.45) is 0 Å². The molecule has 0 saturated heterocycles. The Morgan fingerprint density at radius 2 is 2.00 bits per heavy atom. The van der Waals surface area contributed by atoms with E-state index < -0.39 is 26.1 Å². The highest BCUT2D eigenvalue weighted by molar-refractivity contribution is 7.90. The minimum absolute atomic E-state index is 0.0508. The van der Waals surface area contributed by atoms with Gasteiger partial charge in [0.15, 0.2) is 5.25 Å². The normalized spacial score (nSPS) is 17.7. The van der Waals surface area contributed by atoms with Crippen LogP contribution < -0.4 is 4.72 Å². The summed E-state index contributed by atoms with van der Waals surface area (Å²) in [6.45, 7) is 3.33. The predicted octanol–water partition coefficient (Wildman–Crippen LogP) is -0.0250. The lowest BCUT2D eigenvalue weighted by Gasteiger charge is -2.10. The molecule has 0 aliphatic heterocycles. The second-order valence-corrected chi connectivity index (χ2v) is 7.20. The van der Waals surface area contributed by atoms with Gasteiger partial charge >= 0.3 is 0 Å². The van der Waals surface area contributed by atoms with Crippen LogP contribution in [0.5, 0.6) is 0 Å². The van der Waals surface area contributed by atoms with Gasteiger partial charge in [-0.3, -0.25) is 4.21 Å². The summed E-state index contributed by atoms with van der Waals surface area (Å²) in [6.07, 6.45) is 2.08. The fourth-order valence-corrected chi connectivity index (χ4v) is 2.01. The van der Waals surface area contributed by atoms with Crippen molar-refractivity contribution in [3.63, 3.8) is 0 Å². The zero-order valence-electron chi connectivity index (χ0n) is 9.06. The van der Waals surface area contributed by atoms with Crippen LogP contribution in [0.2, 0.25) is 0 Å². The van der Waals surface area contributed by atoms with E-state index in [0.717, 1.165) is 0 Å².